The second-order valence-electron chi connectivity index (χ2n) is 2.82. The van der Waals surface area contributed by atoms with Crippen molar-refractivity contribution in [3.63, 3.8) is 0 Å². The summed E-state index contributed by atoms with van der Waals surface area (Å²) in [6.07, 6.45) is -4.31. The van der Waals surface area contributed by atoms with Gasteiger partial charge >= 0.3 is 6.18 Å². The molecule has 0 atom stereocenters. The summed E-state index contributed by atoms with van der Waals surface area (Å²) < 4.78 is 35.9. The van der Waals surface area contributed by atoms with E-state index in [0.29, 0.717) is 0 Å². The Morgan fingerprint density at radius 2 is 1.92 bits per heavy atom. The minimum atomic E-state index is -4.31. The zero-order valence-electron chi connectivity index (χ0n) is 7.47. The van der Waals surface area contributed by atoms with Gasteiger partial charge in [0.2, 0.25) is 5.96 Å². The average Bonchev–Trinajstić information content (AvgIpc) is 1.96. The molecular formula is C6H13F3N4. The fourth-order valence-corrected chi connectivity index (χ4v) is 0.795. The van der Waals surface area contributed by atoms with Crippen molar-refractivity contribution in [3.05, 3.63) is 0 Å². The zero-order chi connectivity index (χ0) is 10.6. The Morgan fingerprint density at radius 3 is 2.15 bits per heavy atom. The van der Waals surface area contributed by atoms with Crippen molar-refractivity contribution in [1.29, 1.82) is 0 Å². The number of hydrazone groups is 1. The zero-order valence-corrected chi connectivity index (χ0v) is 7.47. The molecule has 0 spiro atoms. The van der Waals surface area contributed by atoms with Crippen molar-refractivity contribution >= 4 is 5.96 Å². The lowest BCUT2D eigenvalue weighted by molar-refractivity contribution is -0.140. The second kappa shape index (κ2) is 4.20. The lowest BCUT2D eigenvalue weighted by atomic mass is 10.3. The van der Waals surface area contributed by atoms with Crippen molar-refractivity contribution in [1.82, 2.24) is 4.90 Å². The Hall–Kier alpha value is -1.14. The van der Waals surface area contributed by atoms with Crippen LogP contribution in [0.3, 0.4) is 0 Å². The molecule has 0 aliphatic rings. The van der Waals surface area contributed by atoms with Crippen LogP contribution in [-0.2, 0) is 0 Å². The van der Waals surface area contributed by atoms with Gasteiger partial charge in [-0.25, -0.2) is 0 Å². The summed E-state index contributed by atoms with van der Waals surface area (Å²) >= 11 is 0. The molecule has 7 heteroatoms. The lowest BCUT2D eigenvalue weighted by Crippen LogP contribution is -2.47. The van der Waals surface area contributed by atoms with Crippen molar-refractivity contribution < 1.29 is 13.2 Å². The van der Waals surface area contributed by atoms with Gasteiger partial charge in [-0.1, -0.05) is 0 Å². The molecule has 13 heavy (non-hydrogen) atoms. The van der Waals surface area contributed by atoms with E-state index < -0.39 is 18.8 Å². The highest BCUT2D eigenvalue weighted by atomic mass is 19.4. The highest BCUT2D eigenvalue weighted by Gasteiger charge is 2.32. The van der Waals surface area contributed by atoms with E-state index in [1.54, 1.807) is 13.8 Å². The van der Waals surface area contributed by atoms with Crippen molar-refractivity contribution in [3.8, 4) is 0 Å². The van der Waals surface area contributed by atoms with E-state index in [2.05, 4.69) is 5.10 Å². The number of nitrogens with zero attached hydrogens (tertiary/aromatic N) is 2. The van der Waals surface area contributed by atoms with Crippen LogP contribution in [0.25, 0.3) is 0 Å². The van der Waals surface area contributed by atoms with Gasteiger partial charge in [-0.15, -0.1) is 5.10 Å². The molecule has 0 amide bonds. The summed E-state index contributed by atoms with van der Waals surface area (Å²) in [7, 11) is 0. The monoisotopic (exact) mass is 198 g/mol. The summed E-state index contributed by atoms with van der Waals surface area (Å²) in [4.78, 5) is 0.875. The van der Waals surface area contributed by atoms with E-state index in [9.17, 15) is 13.2 Å². The van der Waals surface area contributed by atoms with Crippen LogP contribution in [0, 0.1) is 0 Å². The maximum Gasteiger partial charge on any atom is 0.406 e. The smallest absolute Gasteiger partial charge is 0.368 e. The standard InChI is InChI=1S/C6H13F3N4/c1-4(2)13(5(10)12-11)3-6(7,8)9/h4H,3,11H2,1-2H3,(H2,10,12). The molecule has 0 heterocycles. The maximum atomic E-state index is 12.0. The molecule has 0 bridgehead atoms. The molecule has 0 saturated heterocycles. The number of hydrogen-bond donors (Lipinski definition) is 2. The molecule has 0 aliphatic carbocycles. The molecule has 0 aliphatic heterocycles. The third-order valence-corrected chi connectivity index (χ3v) is 1.40. The van der Waals surface area contributed by atoms with Crippen LogP contribution in [0.5, 0.6) is 0 Å². The fraction of sp³-hybridized carbons (Fsp3) is 0.833. The Labute approximate surface area is 74.4 Å². The van der Waals surface area contributed by atoms with E-state index in [1.165, 1.54) is 0 Å². The lowest BCUT2D eigenvalue weighted by Gasteiger charge is -2.27. The van der Waals surface area contributed by atoms with Gasteiger partial charge in [0.05, 0.1) is 0 Å². The number of alkyl halides is 3. The number of halogens is 3. The van der Waals surface area contributed by atoms with Crippen LogP contribution in [0.2, 0.25) is 0 Å². The predicted octanol–water partition coefficient (Wildman–Crippen LogP) is 0.448. The summed E-state index contributed by atoms with van der Waals surface area (Å²) in [5.74, 6) is 4.47. The van der Waals surface area contributed by atoms with Gasteiger partial charge < -0.3 is 16.5 Å². The molecule has 4 N–H and O–H groups in total. The van der Waals surface area contributed by atoms with Crippen LogP contribution in [0.1, 0.15) is 13.8 Å². The molecule has 4 nitrogen and oxygen atoms in total. The Balaban J connectivity index is 4.46. The average molecular weight is 198 g/mol. The van der Waals surface area contributed by atoms with Crippen LogP contribution < -0.4 is 11.6 Å². The van der Waals surface area contributed by atoms with Crippen LogP contribution >= 0.6 is 0 Å². The van der Waals surface area contributed by atoms with Crippen LogP contribution in [-0.4, -0.2) is 29.6 Å². The first-order valence-corrected chi connectivity index (χ1v) is 3.64. The van der Waals surface area contributed by atoms with E-state index in [0.717, 1.165) is 4.90 Å². The number of guanidine groups is 1. The molecule has 78 valence electrons. The van der Waals surface area contributed by atoms with E-state index in [-0.39, 0.29) is 5.96 Å². The molecule has 0 rings (SSSR count). The first-order valence-electron chi connectivity index (χ1n) is 3.64. The molecule has 0 aromatic carbocycles. The third kappa shape index (κ3) is 4.44. The largest absolute Gasteiger partial charge is 0.406 e. The number of rotatable bonds is 2. The highest BCUT2D eigenvalue weighted by molar-refractivity contribution is 5.78. The number of nitrogens with two attached hydrogens (primary N) is 2. The molecule has 0 aromatic rings. The first-order chi connectivity index (χ1) is 5.78. The van der Waals surface area contributed by atoms with E-state index in [1.807, 2.05) is 0 Å². The van der Waals surface area contributed by atoms with E-state index in [4.69, 9.17) is 11.6 Å². The third-order valence-electron chi connectivity index (χ3n) is 1.40. The van der Waals surface area contributed by atoms with Gasteiger partial charge in [0.25, 0.3) is 0 Å². The maximum absolute atomic E-state index is 12.0. The Kier molecular flexibility index (Phi) is 3.83. The molecule has 0 unspecified atom stereocenters. The predicted molar refractivity (Wildman–Crippen MR) is 43.7 cm³/mol. The van der Waals surface area contributed by atoms with Crippen LogP contribution in [0.4, 0.5) is 13.2 Å². The summed E-state index contributed by atoms with van der Waals surface area (Å²) in [5.41, 5.74) is 5.18. The van der Waals surface area contributed by atoms with Crippen molar-refractivity contribution in [2.24, 2.45) is 16.7 Å². The van der Waals surface area contributed by atoms with Crippen LogP contribution in [0.15, 0.2) is 5.10 Å². The fourth-order valence-electron chi connectivity index (χ4n) is 0.795. The summed E-state index contributed by atoms with van der Waals surface area (Å²) in [6.45, 7) is 2.00. The molecule has 0 saturated carbocycles. The topological polar surface area (TPSA) is 67.6 Å². The van der Waals surface area contributed by atoms with Gasteiger partial charge in [0.1, 0.15) is 6.54 Å². The molecule has 0 fully saturated rings. The normalized spacial score (nSPS) is 13.5. The van der Waals surface area contributed by atoms with E-state index >= 15 is 0 Å². The van der Waals surface area contributed by atoms with Gasteiger partial charge in [0.15, 0.2) is 0 Å². The minimum Gasteiger partial charge on any atom is -0.368 e. The van der Waals surface area contributed by atoms with Gasteiger partial charge in [-0.05, 0) is 13.8 Å². The quantitative estimate of drug-likeness (QED) is 0.293. The Bertz CT molecular complexity index is 187. The number of hydrogen-bond acceptors (Lipinski definition) is 2. The summed E-state index contributed by atoms with van der Waals surface area (Å²) in [6, 6.07) is -0.395. The molecular weight excluding hydrogens is 185 g/mol. The molecule has 0 radical (unpaired) electrons. The van der Waals surface area contributed by atoms with Gasteiger partial charge in [-0.2, -0.15) is 13.2 Å². The van der Waals surface area contributed by atoms with Crippen molar-refractivity contribution in [2.45, 2.75) is 26.1 Å². The SMILES string of the molecule is CC(C)N(CC(F)(F)F)C(N)=NN. The second-order valence-corrected chi connectivity index (χ2v) is 2.82. The van der Waals surface area contributed by atoms with Gasteiger partial charge in [0, 0.05) is 6.04 Å². The minimum absolute atomic E-state index is 0.313. The summed E-state index contributed by atoms with van der Waals surface area (Å²) in [5, 5.41) is 3.01. The highest BCUT2D eigenvalue weighted by Crippen LogP contribution is 2.17. The molecule has 0 aromatic heterocycles. The Morgan fingerprint density at radius 1 is 1.46 bits per heavy atom. The van der Waals surface area contributed by atoms with Crippen molar-refractivity contribution in [2.75, 3.05) is 6.54 Å². The first kappa shape index (κ1) is 11.9. The van der Waals surface area contributed by atoms with Gasteiger partial charge in [-0.3, -0.25) is 0 Å².